The van der Waals surface area contributed by atoms with Crippen LogP contribution in [0, 0.1) is 0 Å². The lowest BCUT2D eigenvalue weighted by Crippen LogP contribution is -2.37. The van der Waals surface area contributed by atoms with Crippen molar-refractivity contribution in [2.24, 2.45) is 0 Å². The van der Waals surface area contributed by atoms with Gasteiger partial charge in [0.1, 0.15) is 0 Å². The van der Waals surface area contributed by atoms with Crippen LogP contribution in [0.2, 0.25) is 0 Å². The van der Waals surface area contributed by atoms with Crippen molar-refractivity contribution in [2.45, 2.75) is 18.9 Å². The second-order valence-electron chi connectivity index (χ2n) is 2.17. The van der Waals surface area contributed by atoms with Crippen LogP contribution in [0.1, 0.15) is 12.8 Å². The van der Waals surface area contributed by atoms with Gasteiger partial charge in [0.05, 0.1) is 0 Å². The lowest BCUT2D eigenvalue weighted by Gasteiger charge is -2.18. The van der Waals surface area contributed by atoms with E-state index in [4.69, 9.17) is 0 Å². The average Bonchev–Trinajstić information content (AvgIpc) is 2.08. The van der Waals surface area contributed by atoms with Crippen LogP contribution in [0.15, 0.2) is 0 Å². The maximum atomic E-state index is 12.3. The Kier molecular flexibility index (Phi) is 1.58. The van der Waals surface area contributed by atoms with Crippen molar-refractivity contribution in [1.29, 1.82) is 0 Å². The van der Waals surface area contributed by atoms with E-state index >= 15 is 0 Å². The highest BCUT2D eigenvalue weighted by Gasteiger charge is 2.44. The summed E-state index contributed by atoms with van der Waals surface area (Å²) >= 11 is 0. The number of hydrogen-bond acceptors (Lipinski definition) is 1. The molecule has 0 spiro atoms. The average molecular weight is 153 g/mol. The molecule has 0 bridgehead atoms. The van der Waals surface area contributed by atoms with Crippen molar-refractivity contribution >= 4 is 6.16 Å². The van der Waals surface area contributed by atoms with Crippen molar-refractivity contribution < 1.29 is 18.0 Å². The molecule has 0 atom stereocenters. The standard InChI is InChI=1S/C5H6F3NO/c6-4(10)9-3-1-2-5(9,7)8/h1-3H2. The third-order valence-corrected chi connectivity index (χ3v) is 1.47. The summed E-state index contributed by atoms with van der Waals surface area (Å²) < 4.78 is 36.4. The molecule has 0 aliphatic carbocycles. The Hall–Kier alpha value is -0.740. The number of hydrogen-bond donors (Lipinski definition) is 0. The Bertz CT molecular complexity index is 159. The number of nitrogens with zero attached hydrogens (tertiary/aromatic N) is 1. The van der Waals surface area contributed by atoms with E-state index in [-0.39, 0.29) is 17.9 Å². The minimum Gasteiger partial charge on any atom is -0.255 e. The minimum atomic E-state index is -3.26. The zero-order valence-electron chi connectivity index (χ0n) is 5.11. The van der Waals surface area contributed by atoms with Crippen LogP contribution in [0.5, 0.6) is 0 Å². The summed E-state index contributed by atoms with van der Waals surface area (Å²) in [6, 6.07) is -3.26. The first-order chi connectivity index (χ1) is 4.54. The molecule has 1 rings (SSSR count). The Morgan fingerprint density at radius 3 is 2.30 bits per heavy atom. The summed E-state index contributed by atoms with van der Waals surface area (Å²) in [6.07, 6.45) is -2.30. The van der Waals surface area contributed by atoms with Gasteiger partial charge in [-0.15, -0.1) is 4.39 Å². The summed E-state index contributed by atoms with van der Waals surface area (Å²) in [5, 5.41) is 0. The molecule has 0 saturated carbocycles. The van der Waals surface area contributed by atoms with Crippen LogP contribution >= 0.6 is 0 Å². The Balaban J connectivity index is 2.68. The molecule has 0 unspecified atom stereocenters. The monoisotopic (exact) mass is 153 g/mol. The van der Waals surface area contributed by atoms with Crippen LogP contribution in [-0.4, -0.2) is 23.7 Å². The van der Waals surface area contributed by atoms with E-state index in [1.165, 1.54) is 0 Å². The molecule has 0 aromatic heterocycles. The van der Waals surface area contributed by atoms with Gasteiger partial charge in [-0.2, -0.15) is 8.78 Å². The summed E-state index contributed by atoms with van der Waals surface area (Å²) in [4.78, 5) is 9.79. The molecule has 58 valence electrons. The Morgan fingerprint density at radius 2 is 2.10 bits per heavy atom. The minimum absolute atomic E-state index is 0.0486. The number of carbonyl (C=O) groups excluding carboxylic acids is 1. The van der Waals surface area contributed by atoms with E-state index in [1.807, 2.05) is 0 Å². The largest absolute Gasteiger partial charge is 0.404 e. The van der Waals surface area contributed by atoms with E-state index in [2.05, 4.69) is 0 Å². The molecule has 5 heteroatoms. The van der Waals surface area contributed by atoms with E-state index in [9.17, 15) is 18.0 Å². The van der Waals surface area contributed by atoms with Gasteiger partial charge in [-0.25, -0.2) is 4.79 Å². The molecular formula is C5H6F3NO. The fourth-order valence-corrected chi connectivity index (χ4v) is 0.965. The zero-order chi connectivity index (χ0) is 7.78. The Morgan fingerprint density at radius 1 is 1.50 bits per heavy atom. The van der Waals surface area contributed by atoms with Gasteiger partial charge in [0.15, 0.2) is 0 Å². The van der Waals surface area contributed by atoms with Crippen molar-refractivity contribution in [1.82, 2.24) is 4.90 Å². The van der Waals surface area contributed by atoms with Crippen molar-refractivity contribution in [3.8, 4) is 0 Å². The third-order valence-electron chi connectivity index (χ3n) is 1.47. The van der Waals surface area contributed by atoms with E-state index in [1.54, 1.807) is 0 Å². The predicted molar refractivity (Wildman–Crippen MR) is 27.4 cm³/mol. The quantitative estimate of drug-likeness (QED) is 0.383. The van der Waals surface area contributed by atoms with Gasteiger partial charge >= 0.3 is 12.2 Å². The van der Waals surface area contributed by atoms with Crippen LogP contribution < -0.4 is 0 Å². The summed E-state index contributed by atoms with van der Waals surface area (Å²) in [5.41, 5.74) is 0. The third kappa shape index (κ3) is 1.08. The molecule has 10 heavy (non-hydrogen) atoms. The fourth-order valence-electron chi connectivity index (χ4n) is 0.965. The molecular weight excluding hydrogens is 147 g/mol. The lowest BCUT2D eigenvalue weighted by molar-refractivity contribution is -0.0969. The predicted octanol–water partition coefficient (Wildman–Crippen LogP) is 1.76. The van der Waals surface area contributed by atoms with Crippen molar-refractivity contribution in [3.05, 3.63) is 0 Å². The summed E-state index contributed by atoms with van der Waals surface area (Å²) in [5.74, 6) is 0. The molecule has 1 aliphatic rings. The molecule has 0 aromatic rings. The first kappa shape index (κ1) is 7.37. The van der Waals surface area contributed by atoms with Gasteiger partial charge in [0.2, 0.25) is 0 Å². The van der Waals surface area contributed by atoms with Gasteiger partial charge in [-0.1, -0.05) is 0 Å². The zero-order valence-corrected chi connectivity index (χ0v) is 5.11. The molecule has 1 amide bonds. The van der Waals surface area contributed by atoms with Crippen molar-refractivity contribution in [2.75, 3.05) is 6.54 Å². The van der Waals surface area contributed by atoms with Crippen molar-refractivity contribution in [3.63, 3.8) is 0 Å². The molecule has 1 fully saturated rings. The van der Waals surface area contributed by atoms with E-state index < -0.39 is 18.6 Å². The highest BCUT2D eigenvalue weighted by Crippen LogP contribution is 2.32. The molecule has 1 aliphatic heterocycles. The second kappa shape index (κ2) is 2.14. The first-order valence-electron chi connectivity index (χ1n) is 2.89. The van der Waals surface area contributed by atoms with E-state index in [0.29, 0.717) is 0 Å². The van der Waals surface area contributed by atoms with Crippen LogP contribution in [0.25, 0.3) is 0 Å². The molecule has 0 radical (unpaired) electrons. The number of alkyl halides is 2. The molecule has 0 N–H and O–H groups in total. The molecule has 1 heterocycles. The maximum absolute atomic E-state index is 12.3. The molecule has 2 nitrogen and oxygen atoms in total. The summed E-state index contributed by atoms with van der Waals surface area (Å²) in [7, 11) is 0. The maximum Gasteiger partial charge on any atom is 0.404 e. The SMILES string of the molecule is O=C(F)N1CCCC1(F)F. The highest BCUT2D eigenvalue weighted by molar-refractivity contribution is 5.66. The number of halogens is 3. The fraction of sp³-hybridized carbons (Fsp3) is 0.800. The molecule has 1 saturated heterocycles. The van der Waals surface area contributed by atoms with Crippen LogP contribution in [0.3, 0.4) is 0 Å². The number of amides is 1. The Labute approximate surface area is 55.6 Å². The van der Waals surface area contributed by atoms with E-state index in [0.717, 1.165) is 0 Å². The van der Waals surface area contributed by atoms with Gasteiger partial charge < -0.3 is 0 Å². The number of rotatable bonds is 0. The normalized spacial score (nSPS) is 23.3. The number of likely N-dealkylation sites (tertiary alicyclic amines) is 1. The number of carbonyl (C=O) groups is 1. The highest BCUT2D eigenvalue weighted by atomic mass is 19.3. The first-order valence-corrected chi connectivity index (χ1v) is 2.89. The second-order valence-corrected chi connectivity index (χ2v) is 2.17. The lowest BCUT2D eigenvalue weighted by atomic mass is 10.4. The van der Waals surface area contributed by atoms with Crippen LogP contribution in [-0.2, 0) is 0 Å². The summed E-state index contributed by atoms with van der Waals surface area (Å²) in [6.45, 7) is -0.178. The van der Waals surface area contributed by atoms with Crippen LogP contribution in [0.4, 0.5) is 18.0 Å². The van der Waals surface area contributed by atoms with Gasteiger partial charge in [-0.3, -0.25) is 4.90 Å². The van der Waals surface area contributed by atoms with Gasteiger partial charge in [0.25, 0.3) is 0 Å². The van der Waals surface area contributed by atoms with Gasteiger partial charge in [-0.05, 0) is 6.42 Å². The smallest absolute Gasteiger partial charge is 0.255 e. The van der Waals surface area contributed by atoms with Gasteiger partial charge in [0, 0.05) is 13.0 Å². The topological polar surface area (TPSA) is 20.3 Å². The molecule has 0 aromatic carbocycles.